The van der Waals surface area contributed by atoms with Gasteiger partial charge in [0, 0.05) is 5.56 Å². The quantitative estimate of drug-likeness (QED) is 0.816. The summed E-state index contributed by atoms with van der Waals surface area (Å²) in [7, 11) is 0. The van der Waals surface area contributed by atoms with E-state index >= 15 is 0 Å². The minimum atomic E-state index is -1.00. The fourth-order valence-corrected chi connectivity index (χ4v) is 1.54. The van der Waals surface area contributed by atoms with E-state index in [0.717, 1.165) is 4.68 Å². The predicted octanol–water partition coefficient (Wildman–Crippen LogP) is 0.776. The first-order chi connectivity index (χ1) is 8.38. The van der Waals surface area contributed by atoms with Crippen LogP contribution in [0.5, 0.6) is 0 Å². The standard InChI is InChI=1S/C12H14N4O2/c1-12(2,18)9-5-3-4-8(6-9)10(17)16-7-14-11(13)15-16/h3-7,18H,1-2H3,(H2,13,15). The van der Waals surface area contributed by atoms with Crippen LogP contribution in [0.3, 0.4) is 0 Å². The molecule has 0 unspecified atom stereocenters. The van der Waals surface area contributed by atoms with Crippen molar-refractivity contribution in [2.75, 3.05) is 5.73 Å². The average molecular weight is 246 g/mol. The molecule has 0 saturated carbocycles. The molecule has 3 N–H and O–H groups in total. The zero-order valence-corrected chi connectivity index (χ0v) is 10.2. The fraction of sp³-hybridized carbons (Fsp3) is 0.250. The number of anilines is 1. The van der Waals surface area contributed by atoms with Crippen LogP contribution in [0.4, 0.5) is 5.95 Å². The van der Waals surface area contributed by atoms with Crippen molar-refractivity contribution in [3.8, 4) is 0 Å². The summed E-state index contributed by atoms with van der Waals surface area (Å²) in [4.78, 5) is 15.8. The second kappa shape index (κ2) is 4.23. The Morgan fingerprint density at radius 3 is 2.72 bits per heavy atom. The van der Waals surface area contributed by atoms with E-state index in [1.165, 1.54) is 6.33 Å². The van der Waals surface area contributed by atoms with Crippen LogP contribution < -0.4 is 5.73 Å². The van der Waals surface area contributed by atoms with E-state index < -0.39 is 5.60 Å². The van der Waals surface area contributed by atoms with Crippen LogP contribution in [-0.2, 0) is 5.60 Å². The van der Waals surface area contributed by atoms with Gasteiger partial charge in [-0.15, -0.1) is 5.10 Å². The van der Waals surface area contributed by atoms with Crippen molar-refractivity contribution in [1.29, 1.82) is 0 Å². The molecule has 0 atom stereocenters. The summed E-state index contributed by atoms with van der Waals surface area (Å²) >= 11 is 0. The largest absolute Gasteiger partial charge is 0.386 e. The summed E-state index contributed by atoms with van der Waals surface area (Å²) in [6.07, 6.45) is 1.26. The number of hydrogen-bond acceptors (Lipinski definition) is 5. The lowest BCUT2D eigenvalue weighted by Gasteiger charge is -2.18. The lowest BCUT2D eigenvalue weighted by atomic mass is 9.96. The van der Waals surface area contributed by atoms with Crippen LogP contribution in [0.1, 0.15) is 29.8 Å². The van der Waals surface area contributed by atoms with Gasteiger partial charge in [0.15, 0.2) is 0 Å². The first-order valence-corrected chi connectivity index (χ1v) is 5.42. The van der Waals surface area contributed by atoms with Gasteiger partial charge in [-0.25, -0.2) is 4.98 Å². The van der Waals surface area contributed by atoms with E-state index in [1.807, 2.05) is 0 Å². The Morgan fingerprint density at radius 2 is 2.17 bits per heavy atom. The molecule has 6 nitrogen and oxygen atoms in total. The Morgan fingerprint density at radius 1 is 1.44 bits per heavy atom. The van der Waals surface area contributed by atoms with E-state index in [-0.39, 0.29) is 11.9 Å². The number of benzene rings is 1. The van der Waals surface area contributed by atoms with Crippen molar-refractivity contribution in [2.45, 2.75) is 19.4 Å². The maximum atomic E-state index is 12.1. The van der Waals surface area contributed by atoms with Gasteiger partial charge in [0.1, 0.15) is 6.33 Å². The summed E-state index contributed by atoms with van der Waals surface area (Å²) in [5, 5.41) is 13.7. The number of carbonyl (C=O) groups is 1. The van der Waals surface area contributed by atoms with Crippen molar-refractivity contribution >= 4 is 11.9 Å². The smallest absolute Gasteiger partial charge is 0.279 e. The number of hydrogen-bond donors (Lipinski definition) is 2. The highest BCUT2D eigenvalue weighted by Crippen LogP contribution is 2.20. The molecule has 1 aromatic carbocycles. The molecular weight excluding hydrogens is 232 g/mol. The first-order valence-electron chi connectivity index (χ1n) is 5.42. The van der Waals surface area contributed by atoms with Gasteiger partial charge in [0.25, 0.3) is 5.91 Å². The van der Waals surface area contributed by atoms with E-state index in [2.05, 4.69) is 10.1 Å². The highest BCUT2D eigenvalue weighted by Gasteiger charge is 2.18. The molecule has 6 heteroatoms. The number of rotatable bonds is 2. The lowest BCUT2D eigenvalue weighted by molar-refractivity contribution is 0.0784. The third-order valence-corrected chi connectivity index (χ3v) is 2.53. The van der Waals surface area contributed by atoms with Gasteiger partial charge in [-0.2, -0.15) is 4.68 Å². The van der Waals surface area contributed by atoms with E-state index in [4.69, 9.17) is 5.73 Å². The van der Waals surface area contributed by atoms with Gasteiger partial charge in [0.05, 0.1) is 5.60 Å². The molecule has 0 bridgehead atoms. The Balaban J connectivity index is 2.37. The molecule has 1 heterocycles. The Bertz CT molecular complexity index is 584. The van der Waals surface area contributed by atoms with Crippen LogP contribution in [0, 0.1) is 0 Å². The third-order valence-electron chi connectivity index (χ3n) is 2.53. The molecule has 0 amide bonds. The molecular formula is C12H14N4O2. The van der Waals surface area contributed by atoms with Gasteiger partial charge >= 0.3 is 0 Å². The highest BCUT2D eigenvalue weighted by molar-refractivity contribution is 5.95. The number of carbonyl (C=O) groups excluding carboxylic acids is 1. The SMILES string of the molecule is CC(C)(O)c1cccc(C(=O)n2cnc(N)n2)c1. The minimum absolute atomic E-state index is 0.0435. The Labute approximate surface area is 104 Å². The zero-order chi connectivity index (χ0) is 13.3. The van der Waals surface area contributed by atoms with Gasteiger partial charge < -0.3 is 10.8 Å². The van der Waals surface area contributed by atoms with Crippen LogP contribution in [0.2, 0.25) is 0 Å². The first kappa shape index (κ1) is 12.3. The second-order valence-electron chi connectivity index (χ2n) is 4.49. The summed E-state index contributed by atoms with van der Waals surface area (Å²) in [5.74, 6) is -0.299. The van der Waals surface area contributed by atoms with E-state index in [0.29, 0.717) is 11.1 Å². The van der Waals surface area contributed by atoms with Crippen LogP contribution in [0.25, 0.3) is 0 Å². The maximum Gasteiger partial charge on any atom is 0.279 e. The molecule has 1 aromatic heterocycles. The lowest BCUT2D eigenvalue weighted by Crippen LogP contribution is -2.18. The number of nitrogens with zero attached hydrogens (tertiary/aromatic N) is 3. The number of nitrogen functional groups attached to an aromatic ring is 1. The predicted molar refractivity (Wildman–Crippen MR) is 65.8 cm³/mol. The Hall–Kier alpha value is -2.21. The minimum Gasteiger partial charge on any atom is -0.386 e. The van der Waals surface area contributed by atoms with Crippen LogP contribution >= 0.6 is 0 Å². The summed E-state index contributed by atoms with van der Waals surface area (Å²) in [6, 6.07) is 6.74. The maximum absolute atomic E-state index is 12.1. The monoisotopic (exact) mass is 246 g/mol. The number of aromatic nitrogens is 3. The molecule has 2 aromatic rings. The van der Waals surface area contributed by atoms with Gasteiger partial charge in [-0.05, 0) is 31.5 Å². The molecule has 0 spiro atoms. The molecule has 0 saturated heterocycles. The van der Waals surface area contributed by atoms with Gasteiger partial charge in [0.2, 0.25) is 5.95 Å². The topological polar surface area (TPSA) is 94.0 Å². The van der Waals surface area contributed by atoms with Crippen molar-refractivity contribution in [2.24, 2.45) is 0 Å². The van der Waals surface area contributed by atoms with Crippen molar-refractivity contribution in [3.63, 3.8) is 0 Å². The molecule has 0 radical (unpaired) electrons. The molecule has 94 valence electrons. The normalized spacial score (nSPS) is 11.5. The van der Waals surface area contributed by atoms with Gasteiger partial charge in [-0.1, -0.05) is 12.1 Å². The summed E-state index contributed by atoms with van der Waals surface area (Å²) in [6.45, 7) is 3.31. The van der Waals surface area contributed by atoms with Crippen LogP contribution in [-0.4, -0.2) is 25.8 Å². The Kier molecular flexibility index (Phi) is 2.88. The van der Waals surface area contributed by atoms with E-state index in [1.54, 1.807) is 38.1 Å². The van der Waals surface area contributed by atoms with E-state index in [9.17, 15) is 9.90 Å². The third kappa shape index (κ3) is 2.38. The zero-order valence-electron chi connectivity index (χ0n) is 10.2. The van der Waals surface area contributed by atoms with Crippen molar-refractivity contribution < 1.29 is 9.90 Å². The highest BCUT2D eigenvalue weighted by atomic mass is 16.3. The summed E-state index contributed by atoms with van der Waals surface area (Å²) < 4.78 is 1.07. The molecule has 18 heavy (non-hydrogen) atoms. The van der Waals surface area contributed by atoms with Gasteiger partial charge in [-0.3, -0.25) is 4.79 Å². The molecule has 0 aliphatic heterocycles. The average Bonchev–Trinajstić information content (AvgIpc) is 2.74. The van der Waals surface area contributed by atoms with Crippen LogP contribution in [0.15, 0.2) is 30.6 Å². The molecule has 0 fully saturated rings. The second-order valence-corrected chi connectivity index (χ2v) is 4.49. The molecule has 0 aliphatic carbocycles. The summed E-state index contributed by atoms with van der Waals surface area (Å²) in [5.41, 5.74) is 5.43. The van der Waals surface area contributed by atoms with Crippen molar-refractivity contribution in [3.05, 3.63) is 41.7 Å². The fourth-order valence-electron chi connectivity index (χ4n) is 1.54. The molecule has 0 aliphatic rings. The molecule has 2 rings (SSSR count). The number of aliphatic hydroxyl groups is 1. The van der Waals surface area contributed by atoms with Crippen molar-refractivity contribution in [1.82, 2.24) is 14.8 Å². The number of nitrogens with two attached hydrogens (primary N) is 1.